The van der Waals surface area contributed by atoms with Crippen LogP contribution >= 0.6 is 0 Å². The Bertz CT molecular complexity index is 506. The third-order valence-corrected chi connectivity index (χ3v) is 2.17. The highest BCUT2D eigenvalue weighted by atomic mass is 16.5. The fourth-order valence-corrected chi connectivity index (χ4v) is 1.48. The fraction of sp³-hybridized carbons (Fsp3) is 0.167. The minimum Gasteiger partial charge on any atom is -0.450 e. The quantitative estimate of drug-likeness (QED) is 0.839. The number of carbonyl (C=O) groups excluding carboxylic acids is 1. The largest absolute Gasteiger partial charge is 0.450 e. The Morgan fingerprint density at radius 2 is 2.19 bits per heavy atom. The lowest BCUT2D eigenvalue weighted by Crippen LogP contribution is -2.14. The second-order valence-corrected chi connectivity index (χ2v) is 3.23. The number of fused-ring (bicyclic) bond motifs is 1. The first-order valence-electron chi connectivity index (χ1n) is 5.09. The van der Waals surface area contributed by atoms with Gasteiger partial charge in [0.05, 0.1) is 6.61 Å². The fourth-order valence-electron chi connectivity index (χ4n) is 1.48. The van der Waals surface area contributed by atoms with E-state index in [4.69, 9.17) is 4.74 Å². The minimum absolute atomic E-state index is 0.344. The second-order valence-electron chi connectivity index (χ2n) is 3.23. The average Bonchev–Trinajstić information content (AvgIpc) is 2.30. The van der Waals surface area contributed by atoms with Crippen LogP contribution in [0.5, 0.6) is 0 Å². The summed E-state index contributed by atoms with van der Waals surface area (Å²) < 4.78 is 4.80. The van der Waals surface area contributed by atoms with Crippen molar-refractivity contribution in [1.29, 1.82) is 0 Å². The molecule has 1 amide bonds. The lowest BCUT2D eigenvalue weighted by atomic mass is 10.1. The van der Waals surface area contributed by atoms with Gasteiger partial charge >= 0.3 is 6.09 Å². The van der Waals surface area contributed by atoms with Crippen LogP contribution in [0.3, 0.4) is 0 Å². The van der Waals surface area contributed by atoms with Crippen molar-refractivity contribution in [3.63, 3.8) is 0 Å². The summed E-state index contributed by atoms with van der Waals surface area (Å²) >= 11 is 0. The molecule has 82 valence electrons. The summed E-state index contributed by atoms with van der Waals surface area (Å²) in [5.74, 6) is 0.525. The van der Waals surface area contributed by atoms with E-state index in [0.29, 0.717) is 12.4 Å². The molecular formula is C12H12N2O2. The molecule has 0 fully saturated rings. The molecule has 0 unspecified atom stereocenters. The van der Waals surface area contributed by atoms with Gasteiger partial charge in [0.2, 0.25) is 0 Å². The van der Waals surface area contributed by atoms with Gasteiger partial charge in [-0.25, -0.2) is 9.78 Å². The maximum Gasteiger partial charge on any atom is 0.412 e. The summed E-state index contributed by atoms with van der Waals surface area (Å²) in [7, 11) is 0. The number of ether oxygens (including phenoxy) is 1. The third-order valence-electron chi connectivity index (χ3n) is 2.17. The van der Waals surface area contributed by atoms with Crippen molar-refractivity contribution in [3.05, 3.63) is 36.5 Å². The van der Waals surface area contributed by atoms with Crippen molar-refractivity contribution in [2.24, 2.45) is 0 Å². The van der Waals surface area contributed by atoms with Gasteiger partial charge in [-0.15, -0.1) is 0 Å². The van der Waals surface area contributed by atoms with Crippen molar-refractivity contribution in [1.82, 2.24) is 4.98 Å². The molecule has 4 heteroatoms. The highest BCUT2D eigenvalue weighted by Crippen LogP contribution is 2.20. The molecule has 1 aromatic heterocycles. The van der Waals surface area contributed by atoms with Crippen molar-refractivity contribution >= 4 is 22.7 Å². The summed E-state index contributed by atoms with van der Waals surface area (Å²) in [6, 6.07) is 9.61. The van der Waals surface area contributed by atoms with E-state index >= 15 is 0 Å². The molecular weight excluding hydrogens is 204 g/mol. The van der Waals surface area contributed by atoms with Gasteiger partial charge in [0.1, 0.15) is 5.82 Å². The van der Waals surface area contributed by atoms with E-state index < -0.39 is 6.09 Å². The summed E-state index contributed by atoms with van der Waals surface area (Å²) in [6.07, 6.45) is 1.18. The van der Waals surface area contributed by atoms with Crippen molar-refractivity contribution in [2.75, 3.05) is 11.9 Å². The molecule has 0 saturated carbocycles. The highest BCUT2D eigenvalue weighted by molar-refractivity contribution is 5.97. The summed E-state index contributed by atoms with van der Waals surface area (Å²) in [5.41, 5.74) is 0. The predicted molar refractivity (Wildman–Crippen MR) is 62.4 cm³/mol. The molecule has 0 aliphatic carbocycles. The molecule has 0 atom stereocenters. The number of hydrogen-bond donors (Lipinski definition) is 1. The van der Waals surface area contributed by atoms with E-state index in [-0.39, 0.29) is 0 Å². The van der Waals surface area contributed by atoms with E-state index in [1.165, 1.54) is 0 Å². The summed E-state index contributed by atoms with van der Waals surface area (Å²) in [6.45, 7) is 2.10. The molecule has 4 nitrogen and oxygen atoms in total. The van der Waals surface area contributed by atoms with E-state index in [1.54, 1.807) is 13.1 Å². The monoisotopic (exact) mass is 216 g/mol. The van der Waals surface area contributed by atoms with Gasteiger partial charge in [0, 0.05) is 11.6 Å². The number of carbonyl (C=O) groups is 1. The SMILES string of the molecule is CCOC(=O)Nc1nccc2ccccc12. The smallest absolute Gasteiger partial charge is 0.412 e. The molecule has 0 aliphatic rings. The Labute approximate surface area is 93.3 Å². The lowest BCUT2D eigenvalue weighted by Gasteiger charge is -2.06. The molecule has 2 aromatic rings. The van der Waals surface area contributed by atoms with Crippen LogP contribution in [0.2, 0.25) is 0 Å². The molecule has 1 aromatic carbocycles. The Kier molecular flexibility index (Phi) is 3.00. The zero-order chi connectivity index (χ0) is 11.4. The van der Waals surface area contributed by atoms with Gasteiger partial charge in [-0.2, -0.15) is 0 Å². The highest BCUT2D eigenvalue weighted by Gasteiger charge is 2.06. The summed E-state index contributed by atoms with van der Waals surface area (Å²) in [5, 5.41) is 4.55. The van der Waals surface area contributed by atoms with E-state index in [2.05, 4.69) is 10.3 Å². The molecule has 1 heterocycles. The first-order chi connectivity index (χ1) is 7.81. The number of benzene rings is 1. The number of hydrogen-bond acceptors (Lipinski definition) is 3. The van der Waals surface area contributed by atoms with Crippen LogP contribution in [0.1, 0.15) is 6.92 Å². The van der Waals surface area contributed by atoms with Crippen LogP contribution in [0, 0.1) is 0 Å². The van der Waals surface area contributed by atoms with Crippen LogP contribution in [-0.4, -0.2) is 17.7 Å². The average molecular weight is 216 g/mol. The van der Waals surface area contributed by atoms with Crippen molar-refractivity contribution < 1.29 is 9.53 Å². The molecule has 0 saturated heterocycles. The normalized spacial score (nSPS) is 10.1. The van der Waals surface area contributed by atoms with Gasteiger partial charge < -0.3 is 4.74 Å². The number of aromatic nitrogens is 1. The molecule has 0 radical (unpaired) electrons. The van der Waals surface area contributed by atoms with E-state index in [1.807, 2.05) is 30.3 Å². The topological polar surface area (TPSA) is 51.2 Å². The number of pyridine rings is 1. The lowest BCUT2D eigenvalue weighted by molar-refractivity contribution is 0.168. The predicted octanol–water partition coefficient (Wildman–Crippen LogP) is 2.80. The Morgan fingerprint density at radius 1 is 1.38 bits per heavy atom. The van der Waals surface area contributed by atoms with Gasteiger partial charge in [-0.05, 0) is 18.4 Å². The summed E-state index contributed by atoms with van der Waals surface area (Å²) in [4.78, 5) is 15.4. The zero-order valence-electron chi connectivity index (χ0n) is 8.93. The zero-order valence-corrected chi connectivity index (χ0v) is 8.93. The van der Waals surface area contributed by atoms with Crippen LogP contribution in [0.4, 0.5) is 10.6 Å². The molecule has 1 N–H and O–H groups in total. The van der Waals surface area contributed by atoms with Gasteiger partial charge in [0.25, 0.3) is 0 Å². The number of amides is 1. The third kappa shape index (κ3) is 2.11. The number of rotatable bonds is 2. The van der Waals surface area contributed by atoms with Gasteiger partial charge in [-0.1, -0.05) is 24.3 Å². The van der Waals surface area contributed by atoms with Crippen molar-refractivity contribution in [3.8, 4) is 0 Å². The molecule has 0 aliphatic heterocycles. The standard InChI is InChI=1S/C12H12N2O2/c1-2-16-12(15)14-11-10-6-4-3-5-9(10)7-8-13-11/h3-8H,2H2,1H3,(H,13,14,15). The van der Waals surface area contributed by atoms with Crippen molar-refractivity contribution in [2.45, 2.75) is 6.92 Å². The molecule has 0 spiro atoms. The second kappa shape index (κ2) is 4.61. The van der Waals surface area contributed by atoms with Crippen LogP contribution in [0.15, 0.2) is 36.5 Å². The number of nitrogens with zero attached hydrogens (tertiary/aromatic N) is 1. The van der Waals surface area contributed by atoms with E-state index in [9.17, 15) is 4.79 Å². The number of anilines is 1. The van der Waals surface area contributed by atoms with Crippen LogP contribution in [0.25, 0.3) is 10.8 Å². The Morgan fingerprint density at radius 3 is 3.00 bits per heavy atom. The maximum atomic E-state index is 11.3. The first kappa shape index (κ1) is 10.4. The van der Waals surface area contributed by atoms with E-state index in [0.717, 1.165) is 10.8 Å². The molecule has 16 heavy (non-hydrogen) atoms. The van der Waals surface area contributed by atoms with Crippen LogP contribution in [-0.2, 0) is 4.74 Å². The Balaban J connectivity index is 2.33. The number of nitrogens with one attached hydrogen (secondary N) is 1. The Hall–Kier alpha value is -2.10. The maximum absolute atomic E-state index is 11.3. The molecule has 0 bridgehead atoms. The minimum atomic E-state index is -0.480. The van der Waals surface area contributed by atoms with Crippen LogP contribution < -0.4 is 5.32 Å². The first-order valence-corrected chi connectivity index (χ1v) is 5.09. The molecule has 2 rings (SSSR count). The van der Waals surface area contributed by atoms with Gasteiger partial charge in [-0.3, -0.25) is 5.32 Å². The van der Waals surface area contributed by atoms with Gasteiger partial charge in [0.15, 0.2) is 0 Å².